The molecule has 7 nitrogen and oxygen atoms in total. The van der Waals surface area contributed by atoms with Crippen LogP contribution in [0.4, 0.5) is 14.5 Å². The molecule has 0 fully saturated rings. The first-order chi connectivity index (χ1) is 15.6. The number of anilines is 1. The summed E-state index contributed by atoms with van der Waals surface area (Å²) in [6.07, 6.45) is 0. The molecule has 0 bridgehead atoms. The molecule has 172 valence electrons. The molecule has 33 heavy (non-hydrogen) atoms. The average Bonchev–Trinajstić information content (AvgIpc) is 3.15. The van der Waals surface area contributed by atoms with Gasteiger partial charge in [0.05, 0.1) is 16.8 Å². The largest absolute Gasteiger partial charge is 0.710 e. The third-order valence-electron chi connectivity index (χ3n) is 5.14. The van der Waals surface area contributed by atoms with E-state index in [1.54, 1.807) is 32.0 Å². The van der Waals surface area contributed by atoms with E-state index in [0.717, 1.165) is 16.5 Å². The third-order valence-corrected chi connectivity index (χ3v) is 6.44. The molecule has 4 rings (SSSR count). The molecular weight excluding hydrogens is 452 g/mol. The Morgan fingerprint density at radius 2 is 1.76 bits per heavy atom. The van der Waals surface area contributed by atoms with Crippen molar-refractivity contribution in [3.8, 4) is 22.6 Å². The Bertz CT molecular complexity index is 1480. The van der Waals surface area contributed by atoms with Crippen LogP contribution in [0.5, 0.6) is 11.5 Å². The highest BCUT2D eigenvalue weighted by Gasteiger charge is 2.20. The number of hydrogen-bond donors (Lipinski definition) is 2. The van der Waals surface area contributed by atoms with Crippen molar-refractivity contribution >= 4 is 26.7 Å². The van der Waals surface area contributed by atoms with Crippen LogP contribution in [0.25, 0.3) is 22.2 Å². The van der Waals surface area contributed by atoms with Crippen molar-refractivity contribution in [2.24, 2.45) is 0 Å². The zero-order chi connectivity index (χ0) is 23.9. The molecule has 0 aliphatic carbocycles. The molecular formula is C23H21F2N3O4S. The number of sulfonamides is 1. The van der Waals surface area contributed by atoms with Gasteiger partial charge in [-0.2, -0.15) is 0 Å². The highest BCUT2D eigenvalue weighted by Crippen LogP contribution is 2.39. The second kappa shape index (κ2) is 8.36. The van der Waals surface area contributed by atoms with Crippen molar-refractivity contribution in [3.63, 3.8) is 0 Å². The van der Waals surface area contributed by atoms with Crippen molar-refractivity contribution in [3.05, 3.63) is 76.8 Å². The van der Waals surface area contributed by atoms with Gasteiger partial charge in [-0.3, -0.25) is 4.72 Å². The summed E-state index contributed by atoms with van der Waals surface area (Å²) in [6, 6.07) is 10.9. The highest BCUT2D eigenvalue weighted by molar-refractivity contribution is 7.92. The molecule has 0 aliphatic rings. The van der Waals surface area contributed by atoms with Crippen molar-refractivity contribution in [2.45, 2.75) is 20.8 Å². The van der Waals surface area contributed by atoms with E-state index < -0.39 is 21.7 Å². The number of nitrogens with one attached hydrogen (secondary N) is 2. The number of pyridine rings is 1. The van der Waals surface area contributed by atoms with Gasteiger partial charge >= 0.3 is 0 Å². The molecule has 2 N–H and O–H groups in total. The Labute approximate surface area is 189 Å². The van der Waals surface area contributed by atoms with Gasteiger partial charge in [0, 0.05) is 22.9 Å². The number of H-pyrrole nitrogens is 1. The Morgan fingerprint density at radius 3 is 2.45 bits per heavy atom. The number of rotatable bonds is 6. The molecule has 4 aromatic rings. The fourth-order valence-electron chi connectivity index (χ4n) is 3.51. The average molecular weight is 474 g/mol. The third kappa shape index (κ3) is 4.47. The zero-order valence-corrected chi connectivity index (χ0v) is 18.9. The van der Waals surface area contributed by atoms with Crippen LogP contribution in [0.2, 0.25) is 0 Å². The molecule has 0 radical (unpaired) electrons. The van der Waals surface area contributed by atoms with Gasteiger partial charge in [-0.1, -0.05) is 0 Å². The topological polar surface area (TPSA) is 98.1 Å². The Balaban J connectivity index is 1.94. The lowest BCUT2D eigenvalue weighted by atomic mass is 10.0. The van der Waals surface area contributed by atoms with Crippen LogP contribution >= 0.6 is 0 Å². The summed E-state index contributed by atoms with van der Waals surface area (Å²) in [5.41, 5.74) is 2.72. The predicted molar refractivity (Wildman–Crippen MR) is 122 cm³/mol. The summed E-state index contributed by atoms with van der Waals surface area (Å²) in [7, 11) is -3.56. The van der Waals surface area contributed by atoms with E-state index in [4.69, 9.17) is 4.74 Å². The highest BCUT2D eigenvalue weighted by atomic mass is 32.2. The Kier molecular flexibility index (Phi) is 5.71. The van der Waals surface area contributed by atoms with E-state index in [9.17, 15) is 22.4 Å². The lowest BCUT2D eigenvalue weighted by molar-refractivity contribution is -0.586. The molecule has 0 unspecified atom stereocenters. The number of fused-ring (bicyclic) bond motifs is 1. The van der Waals surface area contributed by atoms with E-state index in [1.165, 1.54) is 25.1 Å². The van der Waals surface area contributed by atoms with Crippen LogP contribution in [0.1, 0.15) is 18.3 Å². The quantitative estimate of drug-likeness (QED) is 0.307. The van der Waals surface area contributed by atoms with E-state index in [1.807, 2.05) is 0 Å². The Hall–Kier alpha value is -3.66. The molecule has 0 amide bonds. The maximum atomic E-state index is 14.3. The van der Waals surface area contributed by atoms with Gasteiger partial charge in [0.15, 0.2) is 11.6 Å². The van der Waals surface area contributed by atoms with Crippen molar-refractivity contribution in [1.82, 2.24) is 4.98 Å². The molecule has 0 spiro atoms. The van der Waals surface area contributed by atoms with Gasteiger partial charge in [-0.05, 0) is 63.2 Å². The smallest absolute Gasteiger partial charge is 0.290 e. The number of nitrogens with zero attached hydrogens (tertiary/aromatic N) is 1. The van der Waals surface area contributed by atoms with Gasteiger partial charge in [-0.15, -0.1) is 0 Å². The standard InChI is InChI=1S/C23H21F2N3O4S/c1-4-33(30,31)27-16-6-8-21(32-22-7-5-15(24)11-20(22)25)18(12-16)17-10-14(3)28(29)23-19(17)9-13(2)26-23/h5-12,26-27H,4H2,1-3H3. The fourth-order valence-corrected chi connectivity index (χ4v) is 4.14. The summed E-state index contributed by atoms with van der Waals surface area (Å²) in [6.45, 7) is 4.95. The summed E-state index contributed by atoms with van der Waals surface area (Å²) >= 11 is 0. The normalized spacial score (nSPS) is 11.7. The number of aryl methyl sites for hydroxylation is 2. The zero-order valence-electron chi connectivity index (χ0n) is 18.1. The maximum Gasteiger partial charge on any atom is 0.290 e. The van der Waals surface area contributed by atoms with Gasteiger partial charge in [0.1, 0.15) is 17.3 Å². The minimum atomic E-state index is -3.56. The predicted octanol–water partition coefficient (Wildman–Crippen LogP) is 4.92. The Morgan fingerprint density at radius 1 is 1.03 bits per heavy atom. The van der Waals surface area contributed by atoms with Gasteiger partial charge < -0.3 is 9.94 Å². The SMILES string of the molecule is CCS(=O)(=O)Nc1ccc(Oc2ccc(F)cc2F)c(-c2cc(C)[n+]([O-])c3[nH]c(C)cc23)c1. The second-order valence-corrected chi connectivity index (χ2v) is 9.61. The van der Waals surface area contributed by atoms with E-state index >= 15 is 0 Å². The van der Waals surface area contributed by atoms with Crippen LogP contribution in [0.3, 0.4) is 0 Å². The van der Waals surface area contributed by atoms with Gasteiger partial charge in [0.25, 0.3) is 5.65 Å². The lowest BCUT2D eigenvalue weighted by Crippen LogP contribution is -2.31. The first-order valence-corrected chi connectivity index (χ1v) is 11.7. The minimum absolute atomic E-state index is 0.122. The van der Waals surface area contributed by atoms with E-state index in [-0.39, 0.29) is 22.9 Å². The maximum absolute atomic E-state index is 14.3. The molecule has 0 aliphatic heterocycles. The second-order valence-electron chi connectivity index (χ2n) is 7.60. The molecule has 2 aromatic carbocycles. The van der Waals surface area contributed by atoms with Crippen LogP contribution in [-0.2, 0) is 10.0 Å². The number of hydrogen-bond acceptors (Lipinski definition) is 4. The fraction of sp³-hybridized carbons (Fsp3) is 0.174. The minimum Gasteiger partial charge on any atom is -0.710 e. The van der Waals surface area contributed by atoms with E-state index in [0.29, 0.717) is 33.9 Å². The first-order valence-electron chi connectivity index (χ1n) is 10.1. The molecule has 10 heteroatoms. The molecule has 0 saturated heterocycles. The number of aromatic amines is 1. The molecule has 2 aromatic heterocycles. The first kappa shape index (κ1) is 22.5. The number of benzene rings is 2. The number of halogens is 2. The summed E-state index contributed by atoms with van der Waals surface area (Å²) < 4.78 is 60.9. The molecule has 0 saturated carbocycles. The van der Waals surface area contributed by atoms with Crippen molar-refractivity contribution < 1.29 is 26.7 Å². The monoisotopic (exact) mass is 473 g/mol. The van der Waals surface area contributed by atoms with Crippen molar-refractivity contribution in [2.75, 3.05) is 10.5 Å². The van der Waals surface area contributed by atoms with E-state index in [2.05, 4.69) is 9.71 Å². The van der Waals surface area contributed by atoms with Gasteiger partial charge in [-0.25, -0.2) is 26.9 Å². The number of ether oxygens (including phenoxy) is 1. The summed E-state index contributed by atoms with van der Waals surface area (Å²) in [4.78, 5) is 3.02. The van der Waals surface area contributed by atoms with Crippen LogP contribution in [0.15, 0.2) is 48.5 Å². The number of aromatic nitrogens is 2. The van der Waals surface area contributed by atoms with Crippen LogP contribution < -0.4 is 14.2 Å². The van der Waals surface area contributed by atoms with Crippen molar-refractivity contribution in [1.29, 1.82) is 0 Å². The van der Waals surface area contributed by atoms with Crippen LogP contribution in [0, 0.1) is 30.7 Å². The van der Waals surface area contributed by atoms with Gasteiger partial charge in [0.2, 0.25) is 10.0 Å². The molecule has 0 atom stereocenters. The molecule has 2 heterocycles. The summed E-state index contributed by atoms with van der Waals surface area (Å²) in [5, 5.41) is 13.1. The lowest BCUT2D eigenvalue weighted by Gasteiger charge is -2.16. The summed E-state index contributed by atoms with van der Waals surface area (Å²) in [5.74, 6) is -1.76. The van der Waals surface area contributed by atoms with Crippen LogP contribution in [-0.4, -0.2) is 19.2 Å².